The van der Waals surface area contributed by atoms with Crippen LogP contribution in [0.5, 0.6) is 0 Å². The molecule has 0 aliphatic rings. The molecule has 0 aliphatic heterocycles. The molecule has 0 fully saturated rings. The highest BCUT2D eigenvalue weighted by Crippen LogP contribution is 2.16. The first kappa shape index (κ1) is 10.2. The first-order valence-electron chi connectivity index (χ1n) is 4.52. The van der Waals surface area contributed by atoms with Crippen LogP contribution in [0.15, 0.2) is 29.1 Å². The first-order chi connectivity index (χ1) is 7.24. The molecule has 0 amide bonds. The molecule has 0 bridgehead atoms. The standard InChI is InChI=1S/C10H9BrN2O2/c1-2-15-10(14)7-4-3-5-13-8(11)6-12-9(7)13/h3-6H,2H2,1H3. The van der Waals surface area contributed by atoms with E-state index in [0.29, 0.717) is 17.8 Å². The SMILES string of the molecule is CCOC(=O)c1cccn2c(Br)cnc12. The van der Waals surface area contributed by atoms with Crippen molar-refractivity contribution < 1.29 is 9.53 Å². The van der Waals surface area contributed by atoms with Gasteiger partial charge in [0.1, 0.15) is 10.2 Å². The number of fused-ring (bicyclic) bond motifs is 1. The molecule has 2 aromatic heterocycles. The maximum atomic E-state index is 11.6. The van der Waals surface area contributed by atoms with Gasteiger partial charge in [0.25, 0.3) is 0 Å². The Morgan fingerprint density at radius 3 is 3.20 bits per heavy atom. The molecule has 0 aromatic carbocycles. The summed E-state index contributed by atoms with van der Waals surface area (Å²) < 4.78 is 7.53. The van der Waals surface area contributed by atoms with Gasteiger partial charge in [-0.1, -0.05) is 0 Å². The van der Waals surface area contributed by atoms with Crippen LogP contribution in [-0.2, 0) is 4.74 Å². The molecule has 2 heterocycles. The van der Waals surface area contributed by atoms with Crippen LogP contribution in [0.4, 0.5) is 0 Å². The maximum absolute atomic E-state index is 11.6. The number of pyridine rings is 1. The van der Waals surface area contributed by atoms with Gasteiger partial charge in [0, 0.05) is 6.20 Å². The normalized spacial score (nSPS) is 10.5. The highest BCUT2D eigenvalue weighted by Gasteiger charge is 2.13. The van der Waals surface area contributed by atoms with Crippen LogP contribution < -0.4 is 0 Å². The lowest BCUT2D eigenvalue weighted by molar-refractivity contribution is 0.0528. The molecule has 0 aliphatic carbocycles. The van der Waals surface area contributed by atoms with E-state index in [1.807, 2.05) is 6.20 Å². The largest absolute Gasteiger partial charge is 0.462 e. The van der Waals surface area contributed by atoms with E-state index >= 15 is 0 Å². The van der Waals surface area contributed by atoms with Crippen LogP contribution in [-0.4, -0.2) is 22.0 Å². The summed E-state index contributed by atoms with van der Waals surface area (Å²) in [5.74, 6) is -0.346. The predicted molar refractivity (Wildman–Crippen MR) is 58.8 cm³/mol. The minimum atomic E-state index is -0.346. The third-order valence-electron chi connectivity index (χ3n) is 1.99. The average molecular weight is 269 g/mol. The lowest BCUT2D eigenvalue weighted by atomic mass is 10.3. The fraction of sp³-hybridized carbons (Fsp3) is 0.200. The van der Waals surface area contributed by atoms with Gasteiger partial charge in [-0.2, -0.15) is 0 Å². The van der Waals surface area contributed by atoms with E-state index in [2.05, 4.69) is 20.9 Å². The first-order valence-corrected chi connectivity index (χ1v) is 5.32. The lowest BCUT2D eigenvalue weighted by Gasteiger charge is -2.03. The topological polar surface area (TPSA) is 43.6 Å². The summed E-state index contributed by atoms with van der Waals surface area (Å²) in [7, 11) is 0. The van der Waals surface area contributed by atoms with Crippen LogP contribution in [0, 0.1) is 0 Å². The van der Waals surface area contributed by atoms with Crippen molar-refractivity contribution in [3.63, 3.8) is 0 Å². The summed E-state index contributed by atoms with van der Waals surface area (Å²) in [6.07, 6.45) is 3.48. The molecular formula is C10H9BrN2O2. The Labute approximate surface area is 95.0 Å². The lowest BCUT2D eigenvalue weighted by Crippen LogP contribution is -2.06. The van der Waals surface area contributed by atoms with E-state index in [9.17, 15) is 4.79 Å². The zero-order chi connectivity index (χ0) is 10.8. The smallest absolute Gasteiger partial charge is 0.341 e. The van der Waals surface area contributed by atoms with Crippen molar-refractivity contribution in [1.82, 2.24) is 9.38 Å². The fourth-order valence-corrected chi connectivity index (χ4v) is 1.74. The van der Waals surface area contributed by atoms with Gasteiger partial charge < -0.3 is 4.74 Å². The molecule has 15 heavy (non-hydrogen) atoms. The number of ether oxygens (including phenoxy) is 1. The zero-order valence-corrected chi connectivity index (χ0v) is 9.69. The average Bonchev–Trinajstić information content (AvgIpc) is 2.61. The van der Waals surface area contributed by atoms with Gasteiger partial charge in [-0.3, -0.25) is 4.40 Å². The van der Waals surface area contributed by atoms with Crippen molar-refractivity contribution in [2.75, 3.05) is 6.61 Å². The van der Waals surface area contributed by atoms with Gasteiger partial charge in [-0.15, -0.1) is 0 Å². The molecule has 0 atom stereocenters. The van der Waals surface area contributed by atoms with Gasteiger partial charge >= 0.3 is 5.97 Å². The van der Waals surface area contributed by atoms with Gasteiger partial charge in [0.05, 0.1) is 12.8 Å². The predicted octanol–water partition coefficient (Wildman–Crippen LogP) is 2.27. The van der Waals surface area contributed by atoms with E-state index < -0.39 is 0 Å². The van der Waals surface area contributed by atoms with Crippen molar-refractivity contribution in [1.29, 1.82) is 0 Å². The van der Waals surface area contributed by atoms with Crippen molar-refractivity contribution in [2.24, 2.45) is 0 Å². The van der Waals surface area contributed by atoms with E-state index in [1.54, 1.807) is 29.7 Å². The molecule has 78 valence electrons. The molecule has 0 N–H and O–H groups in total. The van der Waals surface area contributed by atoms with Crippen LogP contribution in [0.3, 0.4) is 0 Å². The molecule has 4 nitrogen and oxygen atoms in total. The number of halogens is 1. The minimum Gasteiger partial charge on any atom is -0.462 e. The van der Waals surface area contributed by atoms with E-state index in [1.165, 1.54) is 0 Å². The molecular weight excluding hydrogens is 260 g/mol. The monoisotopic (exact) mass is 268 g/mol. The second-order valence-corrected chi connectivity index (χ2v) is 3.73. The zero-order valence-electron chi connectivity index (χ0n) is 8.11. The molecule has 0 unspecified atom stereocenters. The van der Waals surface area contributed by atoms with Crippen LogP contribution in [0.1, 0.15) is 17.3 Å². The number of hydrogen-bond acceptors (Lipinski definition) is 3. The fourth-order valence-electron chi connectivity index (χ4n) is 1.35. The Kier molecular flexibility index (Phi) is 2.73. The van der Waals surface area contributed by atoms with Crippen molar-refractivity contribution in [3.8, 4) is 0 Å². The van der Waals surface area contributed by atoms with Gasteiger partial charge in [0.15, 0.2) is 5.65 Å². The Balaban J connectivity index is 2.56. The number of carbonyl (C=O) groups is 1. The Morgan fingerprint density at radius 2 is 2.47 bits per heavy atom. The van der Waals surface area contributed by atoms with Crippen LogP contribution in [0.2, 0.25) is 0 Å². The number of nitrogens with zero attached hydrogens (tertiary/aromatic N) is 2. The molecule has 0 spiro atoms. The third kappa shape index (κ3) is 1.74. The summed E-state index contributed by atoms with van der Waals surface area (Å²) in [6.45, 7) is 2.14. The quantitative estimate of drug-likeness (QED) is 0.785. The molecule has 0 saturated carbocycles. The Bertz CT molecular complexity index is 507. The number of imidazole rings is 1. The van der Waals surface area contributed by atoms with Crippen LogP contribution in [0.25, 0.3) is 5.65 Å². The van der Waals surface area contributed by atoms with Crippen molar-refractivity contribution in [3.05, 3.63) is 34.7 Å². The highest BCUT2D eigenvalue weighted by atomic mass is 79.9. The summed E-state index contributed by atoms with van der Waals surface area (Å²) >= 11 is 3.34. The van der Waals surface area contributed by atoms with E-state index in [0.717, 1.165) is 4.60 Å². The molecule has 5 heteroatoms. The summed E-state index contributed by atoms with van der Waals surface area (Å²) in [4.78, 5) is 15.7. The number of hydrogen-bond donors (Lipinski definition) is 0. The highest BCUT2D eigenvalue weighted by molar-refractivity contribution is 9.10. The second kappa shape index (κ2) is 4.02. The number of aromatic nitrogens is 2. The van der Waals surface area contributed by atoms with E-state index in [-0.39, 0.29) is 5.97 Å². The molecule has 0 radical (unpaired) electrons. The minimum absolute atomic E-state index is 0.346. The Hall–Kier alpha value is -1.36. The van der Waals surface area contributed by atoms with Crippen molar-refractivity contribution in [2.45, 2.75) is 6.92 Å². The maximum Gasteiger partial charge on any atom is 0.341 e. The number of esters is 1. The number of carbonyl (C=O) groups excluding carboxylic acids is 1. The molecule has 2 rings (SSSR count). The number of rotatable bonds is 2. The third-order valence-corrected chi connectivity index (χ3v) is 2.57. The summed E-state index contributed by atoms with van der Waals surface area (Å²) in [6, 6.07) is 3.48. The summed E-state index contributed by atoms with van der Waals surface area (Å²) in [5.41, 5.74) is 1.08. The van der Waals surface area contributed by atoms with Gasteiger partial charge in [-0.25, -0.2) is 9.78 Å². The van der Waals surface area contributed by atoms with Gasteiger partial charge in [0.2, 0.25) is 0 Å². The molecule has 0 saturated heterocycles. The van der Waals surface area contributed by atoms with Gasteiger partial charge in [-0.05, 0) is 35.0 Å². The van der Waals surface area contributed by atoms with E-state index in [4.69, 9.17) is 4.74 Å². The molecule has 2 aromatic rings. The summed E-state index contributed by atoms with van der Waals surface area (Å²) in [5, 5.41) is 0. The second-order valence-electron chi connectivity index (χ2n) is 2.92. The van der Waals surface area contributed by atoms with Crippen molar-refractivity contribution >= 4 is 27.5 Å². The van der Waals surface area contributed by atoms with Crippen LogP contribution >= 0.6 is 15.9 Å². The Morgan fingerprint density at radius 1 is 1.67 bits per heavy atom.